The van der Waals surface area contributed by atoms with Gasteiger partial charge in [0.1, 0.15) is 0 Å². The molecule has 0 radical (unpaired) electrons. The number of halogens is 2. The Labute approximate surface area is 152 Å². The van der Waals surface area contributed by atoms with Crippen LogP contribution in [0.25, 0.3) is 31.3 Å². The number of benzene rings is 2. The van der Waals surface area contributed by atoms with Crippen molar-refractivity contribution in [3.8, 4) is 17.2 Å². The van der Waals surface area contributed by atoms with E-state index in [-0.39, 0.29) is 0 Å². The van der Waals surface area contributed by atoms with Crippen LogP contribution in [0.4, 0.5) is 0 Å². The molecule has 0 unspecified atom stereocenters. The fourth-order valence-corrected chi connectivity index (χ4v) is 6.34. The summed E-state index contributed by atoms with van der Waals surface area (Å²) in [6.07, 6.45) is 0. The highest BCUT2D eigenvalue weighted by molar-refractivity contribution is 9.11. The Morgan fingerprint density at radius 2 is 1.45 bits per heavy atom. The number of hydrogen-bond donors (Lipinski definition) is 0. The van der Waals surface area contributed by atoms with Gasteiger partial charge in [-0.25, -0.2) is 0 Å². The van der Waals surface area contributed by atoms with E-state index in [1.54, 1.807) is 22.7 Å². The molecule has 0 spiro atoms. The third kappa shape index (κ3) is 2.14. The van der Waals surface area contributed by atoms with Gasteiger partial charge in [0.15, 0.2) is 0 Å². The SMILES string of the molecule is N#Cc1ccc2sc(Br)c(-c3c(Br)sc4ccccc34)c2c1. The molecule has 0 atom stereocenters. The zero-order valence-corrected chi connectivity index (χ0v) is 15.9. The van der Waals surface area contributed by atoms with Crippen molar-refractivity contribution in [2.45, 2.75) is 0 Å². The van der Waals surface area contributed by atoms with E-state index in [0.29, 0.717) is 5.56 Å². The molecule has 2 aromatic heterocycles. The lowest BCUT2D eigenvalue weighted by Crippen LogP contribution is -1.78. The number of nitriles is 1. The summed E-state index contributed by atoms with van der Waals surface area (Å²) in [6.45, 7) is 0. The number of fused-ring (bicyclic) bond motifs is 2. The topological polar surface area (TPSA) is 23.8 Å². The second-order valence-electron chi connectivity index (χ2n) is 4.82. The van der Waals surface area contributed by atoms with Gasteiger partial charge in [0, 0.05) is 31.3 Å². The summed E-state index contributed by atoms with van der Waals surface area (Å²) in [4.78, 5) is 0. The second-order valence-corrected chi connectivity index (χ2v) is 9.56. The zero-order chi connectivity index (χ0) is 15.3. The molecule has 2 aromatic carbocycles. The van der Waals surface area contributed by atoms with Gasteiger partial charge in [0.05, 0.1) is 19.2 Å². The van der Waals surface area contributed by atoms with E-state index in [9.17, 15) is 5.26 Å². The molecule has 0 aliphatic carbocycles. The Morgan fingerprint density at radius 3 is 2.18 bits per heavy atom. The fourth-order valence-electron chi connectivity index (χ4n) is 2.62. The van der Waals surface area contributed by atoms with Crippen molar-refractivity contribution < 1.29 is 0 Å². The first-order chi connectivity index (χ1) is 10.7. The number of rotatable bonds is 1. The molecule has 5 heteroatoms. The maximum absolute atomic E-state index is 9.19. The van der Waals surface area contributed by atoms with E-state index in [4.69, 9.17) is 0 Å². The molecule has 2 heterocycles. The van der Waals surface area contributed by atoms with Gasteiger partial charge >= 0.3 is 0 Å². The van der Waals surface area contributed by atoms with Crippen LogP contribution in [0, 0.1) is 11.3 Å². The van der Waals surface area contributed by atoms with Crippen LogP contribution >= 0.6 is 54.5 Å². The molecular weight excluding hydrogens is 442 g/mol. The number of hydrogen-bond acceptors (Lipinski definition) is 3. The molecule has 4 rings (SSSR count). The maximum Gasteiger partial charge on any atom is 0.0991 e. The molecule has 0 amide bonds. The van der Waals surface area contributed by atoms with E-state index >= 15 is 0 Å². The minimum Gasteiger partial charge on any atom is -0.192 e. The highest BCUT2D eigenvalue weighted by Gasteiger charge is 2.19. The van der Waals surface area contributed by atoms with Crippen molar-refractivity contribution in [2.75, 3.05) is 0 Å². The second kappa shape index (κ2) is 5.47. The van der Waals surface area contributed by atoms with Crippen molar-refractivity contribution in [1.82, 2.24) is 0 Å². The highest BCUT2D eigenvalue weighted by Crippen LogP contribution is 2.50. The van der Waals surface area contributed by atoms with Gasteiger partial charge < -0.3 is 0 Å². The largest absolute Gasteiger partial charge is 0.192 e. The summed E-state index contributed by atoms with van der Waals surface area (Å²) in [5.74, 6) is 0. The molecule has 1 nitrogen and oxygen atoms in total. The summed E-state index contributed by atoms with van der Waals surface area (Å²) in [5, 5.41) is 11.5. The van der Waals surface area contributed by atoms with Crippen molar-refractivity contribution in [3.05, 3.63) is 55.6 Å². The lowest BCUT2D eigenvalue weighted by atomic mass is 10.0. The summed E-state index contributed by atoms with van der Waals surface area (Å²) >= 11 is 10.9. The van der Waals surface area contributed by atoms with Gasteiger partial charge in [0.2, 0.25) is 0 Å². The number of nitrogens with zero attached hydrogens (tertiary/aromatic N) is 1. The molecule has 22 heavy (non-hydrogen) atoms. The van der Waals surface area contributed by atoms with E-state index in [1.165, 1.54) is 25.9 Å². The summed E-state index contributed by atoms with van der Waals surface area (Å²) < 4.78 is 4.66. The Balaban J connectivity index is 2.14. The van der Waals surface area contributed by atoms with Gasteiger partial charge in [-0.1, -0.05) is 18.2 Å². The molecule has 4 aromatic rings. The maximum atomic E-state index is 9.19. The monoisotopic (exact) mass is 447 g/mol. The van der Waals surface area contributed by atoms with E-state index in [2.05, 4.69) is 62.2 Å². The number of thiophene rings is 2. The van der Waals surface area contributed by atoms with Crippen LogP contribution in [-0.4, -0.2) is 0 Å². The third-order valence-corrected chi connectivity index (χ3v) is 7.26. The van der Waals surface area contributed by atoms with Gasteiger partial charge in [-0.2, -0.15) is 5.26 Å². The average Bonchev–Trinajstić information content (AvgIpc) is 3.01. The van der Waals surface area contributed by atoms with E-state index in [1.807, 2.05) is 18.2 Å². The quantitative estimate of drug-likeness (QED) is 0.302. The van der Waals surface area contributed by atoms with Crippen molar-refractivity contribution in [3.63, 3.8) is 0 Å². The first-order valence-corrected chi connectivity index (χ1v) is 9.70. The molecule has 106 valence electrons. The lowest BCUT2D eigenvalue weighted by molar-refractivity contribution is 1.50. The summed E-state index contributed by atoms with van der Waals surface area (Å²) in [5.41, 5.74) is 3.06. The van der Waals surface area contributed by atoms with Crippen molar-refractivity contribution in [1.29, 1.82) is 5.26 Å². The van der Waals surface area contributed by atoms with Gasteiger partial charge in [0.25, 0.3) is 0 Å². The van der Waals surface area contributed by atoms with Crippen molar-refractivity contribution >= 4 is 74.7 Å². The summed E-state index contributed by atoms with van der Waals surface area (Å²) in [7, 11) is 0. The summed E-state index contributed by atoms with van der Waals surface area (Å²) in [6, 6.07) is 16.5. The van der Waals surface area contributed by atoms with Crippen molar-refractivity contribution in [2.24, 2.45) is 0 Å². The Kier molecular flexibility index (Phi) is 3.58. The molecule has 0 aliphatic heterocycles. The third-order valence-electron chi connectivity index (χ3n) is 3.58. The molecule has 0 N–H and O–H groups in total. The first kappa shape index (κ1) is 14.4. The Bertz CT molecular complexity index is 1070. The molecule has 0 saturated heterocycles. The molecular formula is C17H7Br2NS2. The minimum atomic E-state index is 0.690. The first-order valence-electron chi connectivity index (χ1n) is 6.48. The van der Waals surface area contributed by atoms with E-state index < -0.39 is 0 Å². The molecule has 0 saturated carbocycles. The Hall–Kier alpha value is -1.19. The molecule has 0 bridgehead atoms. The smallest absolute Gasteiger partial charge is 0.0991 e. The van der Waals surface area contributed by atoms with E-state index in [0.717, 1.165) is 13.0 Å². The highest BCUT2D eigenvalue weighted by atomic mass is 79.9. The average molecular weight is 449 g/mol. The van der Waals surface area contributed by atoms with Crippen LogP contribution in [-0.2, 0) is 0 Å². The normalized spacial score (nSPS) is 11.1. The van der Waals surface area contributed by atoms with Gasteiger partial charge in [-0.3, -0.25) is 0 Å². The lowest BCUT2D eigenvalue weighted by Gasteiger charge is -2.02. The fraction of sp³-hybridized carbons (Fsp3) is 0. The Morgan fingerprint density at radius 1 is 0.818 bits per heavy atom. The predicted molar refractivity (Wildman–Crippen MR) is 103 cm³/mol. The zero-order valence-electron chi connectivity index (χ0n) is 11.1. The van der Waals surface area contributed by atoms with Gasteiger partial charge in [-0.05, 0) is 56.1 Å². The standard InChI is InChI=1S/C17H7Br2NS2/c18-16-14(10-3-1-2-4-12(10)21-16)15-11-7-9(8-20)5-6-13(11)22-17(15)19/h1-7H. The van der Waals surface area contributed by atoms with Crippen LogP contribution < -0.4 is 0 Å². The molecule has 0 aliphatic rings. The van der Waals surface area contributed by atoms with Crippen LogP contribution in [0.3, 0.4) is 0 Å². The van der Waals surface area contributed by atoms with Crippen LogP contribution in [0.5, 0.6) is 0 Å². The minimum absolute atomic E-state index is 0.690. The van der Waals surface area contributed by atoms with Crippen LogP contribution in [0.15, 0.2) is 50.0 Å². The van der Waals surface area contributed by atoms with Crippen LogP contribution in [0.2, 0.25) is 0 Å². The predicted octanol–water partition coefficient (Wildman–Crippen LogP) is 7.18. The van der Waals surface area contributed by atoms with Crippen LogP contribution in [0.1, 0.15) is 5.56 Å². The van der Waals surface area contributed by atoms with Gasteiger partial charge in [-0.15, -0.1) is 22.7 Å². The molecule has 0 fully saturated rings.